The van der Waals surface area contributed by atoms with E-state index in [2.05, 4.69) is 24.0 Å². The fraction of sp³-hybridized carbons (Fsp3) is 0.722. The van der Waals surface area contributed by atoms with Crippen LogP contribution in [0.5, 0.6) is 0 Å². The molecule has 0 saturated heterocycles. The Morgan fingerprint density at radius 3 is 1.68 bits per heavy atom. The van der Waals surface area contributed by atoms with E-state index in [1.54, 1.807) is 0 Å². The fourth-order valence-corrected chi connectivity index (χ4v) is 2.54. The zero-order valence-electron chi connectivity index (χ0n) is 12.7. The number of pyridine rings is 1. The minimum Gasteiger partial charge on any atom is -0.265 e. The molecule has 19 heavy (non-hydrogen) atoms. The van der Waals surface area contributed by atoms with Crippen LogP contribution in [0, 0.1) is 0 Å². The Labute approximate surface area is 119 Å². The molecule has 0 aliphatic heterocycles. The topological polar surface area (TPSA) is 12.9 Å². The van der Waals surface area contributed by atoms with Crippen molar-refractivity contribution in [1.82, 2.24) is 4.98 Å². The van der Waals surface area contributed by atoms with Crippen LogP contribution >= 0.6 is 0 Å². The summed E-state index contributed by atoms with van der Waals surface area (Å²) in [6, 6.07) is 4.27. The molecular weight excluding hydrogens is 230 g/mol. The lowest BCUT2D eigenvalue weighted by Gasteiger charge is -2.03. The molecule has 1 heteroatoms. The van der Waals surface area contributed by atoms with Gasteiger partial charge in [-0.15, -0.1) is 0 Å². The van der Waals surface area contributed by atoms with Crippen molar-refractivity contribution in [2.24, 2.45) is 0 Å². The third-order valence-electron chi connectivity index (χ3n) is 3.82. The molecule has 108 valence electrons. The first-order valence-electron chi connectivity index (χ1n) is 8.32. The molecular formula is C18H31N. The zero-order chi connectivity index (χ0) is 13.6. The summed E-state index contributed by atoms with van der Waals surface area (Å²) in [6.45, 7) is 2.28. The third kappa shape index (κ3) is 9.69. The normalized spacial score (nSPS) is 10.8. The number of rotatable bonds is 12. The van der Waals surface area contributed by atoms with E-state index in [0.29, 0.717) is 0 Å². The molecule has 0 saturated carbocycles. The molecule has 0 atom stereocenters. The predicted molar refractivity (Wildman–Crippen MR) is 84.4 cm³/mol. The van der Waals surface area contributed by atoms with Crippen LogP contribution in [0.15, 0.2) is 24.5 Å². The van der Waals surface area contributed by atoms with Crippen LogP contribution in [-0.2, 0) is 6.42 Å². The first-order chi connectivity index (χ1) is 9.43. The van der Waals surface area contributed by atoms with Gasteiger partial charge in [0.1, 0.15) is 0 Å². The summed E-state index contributed by atoms with van der Waals surface area (Å²) in [5.74, 6) is 0. The summed E-state index contributed by atoms with van der Waals surface area (Å²) in [5.41, 5.74) is 1.44. The van der Waals surface area contributed by atoms with Crippen molar-refractivity contribution in [2.45, 2.75) is 84.0 Å². The first-order valence-corrected chi connectivity index (χ1v) is 8.32. The van der Waals surface area contributed by atoms with Crippen molar-refractivity contribution in [1.29, 1.82) is 0 Å². The molecule has 1 nitrogen and oxygen atoms in total. The highest BCUT2D eigenvalue weighted by Gasteiger charge is 1.94. The minimum atomic E-state index is 1.22. The maximum atomic E-state index is 4.05. The van der Waals surface area contributed by atoms with Gasteiger partial charge in [0.15, 0.2) is 0 Å². The van der Waals surface area contributed by atoms with E-state index in [4.69, 9.17) is 0 Å². The van der Waals surface area contributed by atoms with E-state index in [0.717, 1.165) is 0 Å². The number of aryl methyl sites for hydroxylation is 1. The van der Waals surface area contributed by atoms with Gasteiger partial charge in [0.05, 0.1) is 0 Å². The second-order valence-electron chi connectivity index (χ2n) is 5.64. The molecule has 0 aromatic carbocycles. The highest BCUT2D eigenvalue weighted by molar-refractivity contribution is 5.09. The highest BCUT2D eigenvalue weighted by Crippen LogP contribution is 2.12. The van der Waals surface area contributed by atoms with Crippen LogP contribution in [0.3, 0.4) is 0 Å². The Hall–Kier alpha value is -0.850. The maximum absolute atomic E-state index is 4.05. The van der Waals surface area contributed by atoms with Gasteiger partial charge in [-0.05, 0) is 30.5 Å². The summed E-state index contributed by atoms with van der Waals surface area (Å²) in [5, 5.41) is 0. The molecule has 1 aromatic rings. The Kier molecular flexibility index (Phi) is 10.4. The quantitative estimate of drug-likeness (QED) is 0.425. The molecule has 0 unspecified atom stereocenters. The summed E-state index contributed by atoms with van der Waals surface area (Å²) in [7, 11) is 0. The molecule has 0 aliphatic rings. The van der Waals surface area contributed by atoms with Crippen molar-refractivity contribution in [3.05, 3.63) is 30.1 Å². The molecule has 0 bridgehead atoms. The summed E-state index contributed by atoms with van der Waals surface area (Å²) in [4.78, 5) is 4.05. The van der Waals surface area contributed by atoms with Gasteiger partial charge in [0.25, 0.3) is 0 Å². The fourth-order valence-electron chi connectivity index (χ4n) is 2.54. The number of unbranched alkanes of at least 4 members (excludes halogenated alkanes) is 10. The zero-order valence-corrected chi connectivity index (χ0v) is 12.7. The van der Waals surface area contributed by atoms with Crippen LogP contribution in [-0.4, -0.2) is 4.98 Å². The van der Waals surface area contributed by atoms with Gasteiger partial charge in [0.2, 0.25) is 0 Å². The SMILES string of the molecule is CCCCCCCCCCCCCc1ccncc1. The minimum absolute atomic E-state index is 1.22. The molecule has 1 heterocycles. The Morgan fingerprint density at radius 2 is 1.16 bits per heavy atom. The van der Waals surface area contributed by atoms with Gasteiger partial charge in [0, 0.05) is 12.4 Å². The monoisotopic (exact) mass is 261 g/mol. The predicted octanol–water partition coefficient (Wildman–Crippen LogP) is 5.94. The van der Waals surface area contributed by atoms with Gasteiger partial charge in [-0.2, -0.15) is 0 Å². The third-order valence-corrected chi connectivity index (χ3v) is 3.82. The first kappa shape index (κ1) is 16.2. The lowest BCUT2D eigenvalue weighted by Crippen LogP contribution is -1.86. The van der Waals surface area contributed by atoms with Crippen LogP contribution in [0.1, 0.15) is 83.1 Å². The van der Waals surface area contributed by atoms with Gasteiger partial charge < -0.3 is 0 Å². The number of hydrogen-bond donors (Lipinski definition) is 0. The largest absolute Gasteiger partial charge is 0.265 e. The van der Waals surface area contributed by atoms with Gasteiger partial charge >= 0.3 is 0 Å². The average Bonchev–Trinajstić information content (AvgIpc) is 2.46. The van der Waals surface area contributed by atoms with Crippen LogP contribution in [0.25, 0.3) is 0 Å². The second-order valence-corrected chi connectivity index (χ2v) is 5.64. The summed E-state index contributed by atoms with van der Waals surface area (Å²) in [6.07, 6.45) is 20.6. The lowest BCUT2D eigenvalue weighted by molar-refractivity contribution is 0.549. The Balaban J connectivity index is 1.79. The van der Waals surface area contributed by atoms with E-state index in [1.165, 1.54) is 82.6 Å². The van der Waals surface area contributed by atoms with E-state index < -0.39 is 0 Å². The average molecular weight is 261 g/mol. The van der Waals surface area contributed by atoms with Crippen molar-refractivity contribution in [3.8, 4) is 0 Å². The number of nitrogens with zero attached hydrogens (tertiary/aromatic N) is 1. The molecule has 0 aliphatic carbocycles. The van der Waals surface area contributed by atoms with Crippen molar-refractivity contribution >= 4 is 0 Å². The van der Waals surface area contributed by atoms with Crippen molar-refractivity contribution in [3.63, 3.8) is 0 Å². The van der Waals surface area contributed by atoms with Gasteiger partial charge in [-0.1, -0.05) is 71.1 Å². The smallest absolute Gasteiger partial charge is 0.0270 e. The lowest BCUT2D eigenvalue weighted by atomic mass is 10.0. The van der Waals surface area contributed by atoms with E-state index in [1.807, 2.05) is 12.4 Å². The van der Waals surface area contributed by atoms with E-state index in [-0.39, 0.29) is 0 Å². The van der Waals surface area contributed by atoms with Crippen molar-refractivity contribution < 1.29 is 0 Å². The Bertz CT molecular complexity index is 281. The van der Waals surface area contributed by atoms with Gasteiger partial charge in [-0.3, -0.25) is 4.98 Å². The van der Waals surface area contributed by atoms with Crippen LogP contribution < -0.4 is 0 Å². The molecule has 0 fully saturated rings. The van der Waals surface area contributed by atoms with Crippen molar-refractivity contribution in [2.75, 3.05) is 0 Å². The van der Waals surface area contributed by atoms with E-state index in [9.17, 15) is 0 Å². The maximum Gasteiger partial charge on any atom is 0.0270 e. The number of aromatic nitrogens is 1. The standard InChI is InChI=1S/C18H31N/c1-2-3-4-5-6-7-8-9-10-11-12-13-18-14-16-19-17-15-18/h14-17H,2-13H2,1H3. The summed E-state index contributed by atoms with van der Waals surface area (Å²) < 4.78 is 0. The molecule has 1 aromatic heterocycles. The Morgan fingerprint density at radius 1 is 0.684 bits per heavy atom. The molecule has 0 radical (unpaired) electrons. The highest BCUT2D eigenvalue weighted by atomic mass is 14.6. The summed E-state index contributed by atoms with van der Waals surface area (Å²) >= 11 is 0. The van der Waals surface area contributed by atoms with Crippen LogP contribution in [0.4, 0.5) is 0 Å². The van der Waals surface area contributed by atoms with Gasteiger partial charge in [-0.25, -0.2) is 0 Å². The molecule has 0 spiro atoms. The molecule has 1 rings (SSSR count). The second kappa shape index (κ2) is 12.2. The number of hydrogen-bond acceptors (Lipinski definition) is 1. The molecule has 0 amide bonds. The van der Waals surface area contributed by atoms with E-state index >= 15 is 0 Å². The molecule has 0 N–H and O–H groups in total. The van der Waals surface area contributed by atoms with Crippen LogP contribution in [0.2, 0.25) is 0 Å².